The van der Waals surface area contributed by atoms with Crippen molar-refractivity contribution in [1.82, 2.24) is 5.32 Å². The van der Waals surface area contributed by atoms with Crippen molar-refractivity contribution in [3.8, 4) is 0 Å². The number of rotatable bonds is 2. The van der Waals surface area contributed by atoms with Gasteiger partial charge < -0.3 is 16.8 Å². The van der Waals surface area contributed by atoms with Gasteiger partial charge in [-0.3, -0.25) is 10.2 Å². The van der Waals surface area contributed by atoms with E-state index in [0.717, 1.165) is 6.54 Å². The van der Waals surface area contributed by atoms with Crippen LogP contribution in [0.25, 0.3) is 0 Å². The molecular formula is C7H12N4O. The van der Waals surface area contributed by atoms with Crippen molar-refractivity contribution in [1.29, 1.82) is 5.41 Å². The number of nitrogens with two attached hydrogens (primary N) is 2. The lowest BCUT2D eigenvalue weighted by Gasteiger charge is -2.17. The number of nitrogens with one attached hydrogen (secondary N) is 2. The molecule has 0 bridgehead atoms. The van der Waals surface area contributed by atoms with Crippen LogP contribution in [0.15, 0.2) is 11.3 Å². The smallest absolute Gasteiger partial charge is 0.266 e. The fraction of sp³-hybridized carbons (Fsp3) is 0.429. The fourth-order valence-electron chi connectivity index (χ4n) is 1.14. The summed E-state index contributed by atoms with van der Waals surface area (Å²) in [5.41, 5.74) is 11.5. The summed E-state index contributed by atoms with van der Waals surface area (Å²) in [6, 6.07) is 0. The first-order valence-corrected chi connectivity index (χ1v) is 3.70. The van der Waals surface area contributed by atoms with Crippen LogP contribution in [0.2, 0.25) is 0 Å². The quantitative estimate of drug-likeness (QED) is 0.385. The molecule has 0 unspecified atom stereocenters. The van der Waals surface area contributed by atoms with Gasteiger partial charge >= 0.3 is 0 Å². The van der Waals surface area contributed by atoms with E-state index < -0.39 is 5.91 Å². The van der Waals surface area contributed by atoms with Gasteiger partial charge in [0.05, 0.1) is 0 Å². The van der Waals surface area contributed by atoms with Gasteiger partial charge in [0, 0.05) is 17.8 Å². The zero-order valence-corrected chi connectivity index (χ0v) is 6.68. The van der Waals surface area contributed by atoms with Gasteiger partial charge in [0.2, 0.25) is 0 Å². The third-order valence-corrected chi connectivity index (χ3v) is 1.80. The molecule has 0 aromatic carbocycles. The van der Waals surface area contributed by atoms with Crippen LogP contribution >= 0.6 is 0 Å². The molecule has 0 aliphatic carbocycles. The van der Waals surface area contributed by atoms with E-state index in [1.807, 2.05) is 0 Å². The molecule has 1 amide bonds. The summed E-state index contributed by atoms with van der Waals surface area (Å²) in [5, 5.41) is 10.4. The van der Waals surface area contributed by atoms with Crippen LogP contribution in [0.3, 0.4) is 0 Å². The summed E-state index contributed by atoms with van der Waals surface area (Å²) < 4.78 is 0. The molecule has 0 fully saturated rings. The average molecular weight is 168 g/mol. The van der Waals surface area contributed by atoms with E-state index in [9.17, 15) is 4.79 Å². The first-order chi connectivity index (χ1) is 5.63. The lowest BCUT2D eigenvalue weighted by atomic mass is 10.0. The Labute approximate surface area is 70.3 Å². The van der Waals surface area contributed by atoms with Crippen LogP contribution in [0.5, 0.6) is 0 Å². The molecule has 0 aromatic heterocycles. The number of hydrogen-bond donors (Lipinski definition) is 4. The summed E-state index contributed by atoms with van der Waals surface area (Å²) in [6.07, 6.45) is 0.605. The van der Waals surface area contributed by atoms with Gasteiger partial charge in [-0.1, -0.05) is 0 Å². The summed E-state index contributed by atoms with van der Waals surface area (Å²) in [4.78, 5) is 10.6. The highest BCUT2D eigenvalue weighted by Gasteiger charge is 2.17. The highest BCUT2D eigenvalue weighted by atomic mass is 16.1. The maximum Gasteiger partial charge on any atom is 0.266 e. The Hall–Kier alpha value is -1.36. The molecule has 0 radical (unpaired) electrons. The standard InChI is InChI=1S/C7H12N4O/c8-5-3-11-2-1-4(5)6(9)7(10)12/h9,11H,1-3,8H2,(H2,10,12). The zero-order chi connectivity index (χ0) is 9.14. The molecule has 12 heavy (non-hydrogen) atoms. The molecule has 0 aromatic rings. The molecule has 1 heterocycles. The van der Waals surface area contributed by atoms with Gasteiger partial charge in [0.15, 0.2) is 0 Å². The molecule has 1 rings (SSSR count). The van der Waals surface area contributed by atoms with Crippen LogP contribution in [-0.4, -0.2) is 24.7 Å². The van der Waals surface area contributed by atoms with E-state index in [4.69, 9.17) is 16.9 Å². The highest BCUT2D eigenvalue weighted by Crippen LogP contribution is 2.09. The molecule has 0 saturated heterocycles. The van der Waals surface area contributed by atoms with Crippen molar-refractivity contribution in [3.05, 3.63) is 11.3 Å². The molecule has 0 spiro atoms. The van der Waals surface area contributed by atoms with E-state index in [0.29, 0.717) is 24.2 Å². The minimum absolute atomic E-state index is 0.158. The van der Waals surface area contributed by atoms with Crippen molar-refractivity contribution in [2.45, 2.75) is 6.42 Å². The fourth-order valence-corrected chi connectivity index (χ4v) is 1.14. The summed E-state index contributed by atoms with van der Waals surface area (Å²) in [6.45, 7) is 1.27. The lowest BCUT2D eigenvalue weighted by Crippen LogP contribution is -2.35. The van der Waals surface area contributed by atoms with Gasteiger partial charge in [0.1, 0.15) is 5.71 Å². The van der Waals surface area contributed by atoms with Gasteiger partial charge in [-0.15, -0.1) is 0 Å². The van der Waals surface area contributed by atoms with E-state index in [1.54, 1.807) is 0 Å². The molecule has 1 aliphatic rings. The number of carbonyl (C=O) groups is 1. The Bertz CT molecular complexity index is 253. The second kappa shape index (κ2) is 3.36. The Kier molecular flexibility index (Phi) is 2.44. The minimum atomic E-state index is -0.713. The summed E-state index contributed by atoms with van der Waals surface area (Å²) >= 11 is 0. The molecular weight excluding hydrogens is 156 g/mol. The molecule has 1 aliphatic heterocycles. The van der Waals surface area contributed by atoms with Crippen LogP contribution in [0, 0.1) is 5.41 Å². The highest BCUT2D eigenvalue weighted by molar-refractivity contribution is 6.43. The molecule has 0 saturated carbocycles. The lowest BCUT2D eigenvalue weighted by molar-refractivity contribution is -0.112. The predicted molar refractivity (Wildman–Crippen MR) is 45.6 cm³/mol. The molecule has 0 atom stereocenters. The van der Waals surface area contributed by atoms with Crippen LogP contribution in [0.4, 0.5) is 0 Å². The zero-order valence-electron chi connectivity index (χ0n) is 6.68. The number of primary amides is 1. The molecule has 5 nitrogen and oxygen atoms in total. The third-order valence-electron chi connectivity index (χ3n) is 1.80. The maximum atomic E-state index is 10.6. The Morgan fingerprint density at radius 3 is 2.75 bits per heavy atom. The number of hydrogen-bond acceptors (Lipinski definition) is 4. The van der Waals surface area contributed by atoms with Gasteiger partial charge in [-0.05, 0) is 13.0 Å². The van der Waals surface area contributed by atoms with E-state index in [2.05, 4.69) is 5.32 Å². The second-order valence-electron chi connectivity index (χ2n) is 2.67. The van der Waals surface area contributed by atoms with Gasteiger partial charge in [-0.25, -0.2) is 0 Å². The number of carbonyl (C=O) groups excluding carboxylic acids is 1. The summed E-state index contributed by atoms with van der Waals surface area (Å²) in [5.74, 6) is -0.713. The van der Waals surface area contributed by atoms with Gasteiger partial charge in [-0.2, -0.15) is 0 Å². The molecule has 66 valence electrons. The largest absolute Gasteiger partial charge is 0.401 e. The topological polar surface area (TPSA) is 105 Å². The van der Waals surface area contributed by atoms with Crippen LogP contribution in [0.1, 0.15) is 6.42 Å². The third kappa shape index (κ3) is 1.62. The SMILES string of the molecule is N=C(C(N)=O)C1=C(N)CNCC1. The summed E-state index contributed by atoms with van der Waals surface area (Å²) in [7, 11) is 0. The van der Waals surface area contributed by atoms with Crippen molar-refractivity contribution in [3.63, 3.8) is 0 Å². The van der Waals surface area contributed by atoms with Crippen molar-refractivity contribution >= 4 is 11.6 Å². The second-order valence-corrected chi connectivity index (χ2v) is 2.67. The Morgan fingerprint density at radius 2 is 2.25 bits per heavy atom. The first kappa shape index (κ1) is 8.73. The van der Waals surface area contributed by atoms with E-state index >= 15 is 0 Å². The normalized spacial score (nSPS) is 17.7. The van der Waals surface area contributed by atoms with Gasteiger partial charge in [0.25, 0.3) is 5.91 Å². The predicted octanol–water partition coefficient (Wildman–Crippen LogP) is -1.30. The Balaban J connectivity index is 2.85. The van der Waals surface area contributed by atoms with Crippen molar-refractivity contribution < 1.29 is 4.79 Å². The number of amides is 1. The van der Waals surface area contributed by atoms with E-state index in [-0.39, 0.29) is 5.71 Å². The average Bonchev–Trinajstić information content (AvgIpc) is 2.04. The van der Waals surface area contributed by atoms with Crippen molar-refractivity contribution in [2.24, 2.45) is 11.5 Å². The van der Waals surface area contributed by atoms with Crippen LogP contribution < -0.4 is 16.8 Å². The van der Waals surface area contributed by atoms with Crippen molar-refractivity contribution in [2.75, 3.05) is 13.1 Å². The van der Waals surface area contributed by atoms with Crippen LogP contribution in [-0.2, 0) is 4.79 Å². The van der Waals surface area contributed by atoms with E-state index in [1.165, 1.54) is 0 Å². The monoisotopic (exact) mass is 168 g/mol. The first-order valence-electron chi connectivity index (χ1n) is 3.70. The molecule has 5 heteroatoms. The minimum Gasteiger partial charge on any atom is -0.401 e. The Morgan fingerprint density at radius 1 is 1.58 bits per heavy atom. The maximum absolute atomic E-state index is 10.6. The molecule has 6 N–H and O–H groups in total.